The maximum atomic E-state index is 13.6. The molecule has 0 aliphatic heterocycles. The Morgan fingerprint density at radius 3 is 1.84 bits per heavy atom. The van der Waals surface area contributed by atoms with Crippen molar-refractivity contribution in [2.45, 2.75) is 24.8 Å². The summed E-state index contributed by atoms with van der Waals surface area (Å²) in [7, 11) is 1.33. The summed E-state index contributed by atoms with van der Waals surface area (Å²) in [6.07, 6.45) is 4.13. The van der Waals surface area contributed by atoms with Gasteiger partial charge in [-0.2, -0.15) is 0 Å². The van der Waals surface area contributed by atoms with Crippen LogP contribution in [-0.4, -0.2) is 25.0 Å². The Bertz CT molecular complexity index is 975. The Balaban J connectivity index is 1.87. The first-order valence-corrected chi connectivity index (χ1v) is 10.3. The molecular formula is C27H27NO3. The fraction of sp³-hybridized carbons (Fsp3) is 0.185. The number of amides is 1. The second-order valence-corrected chi connectivity index (χ2v) is 7.46. The average Bonchev–Trinajstić information content (AvgIpc) is 2.84. The normalized spacial score (nSPS) is 12.3. The molecule has 0 unspecified atom stereocenters. The van der Waals surface area contributed by atoms with E-state index in [1.807, 2.05) is 110 Å². The van der Waals surface area contributed by atoms with Crippen molar-refractivity contribution >= 4 is 18.0 Å². The Morgan fingerprint density at radius 2 is 1.35 bits per heavy atom. The molecule has 3 aromatic rings. The number of ether oxygens (including phenoxy) is 1. The van der Waals surface area contributed by atoms with Crippen LogP contribution in [0.25, 0.3) is 6.08 Å². The Hall–Kier alpha value is -3.66. The maximum absolute atomic E-state index is 13.6. The quantitative estimate of drug-likeness (QED) is 0.542. The minimum atomic E-state index is -0.960. The maximum Gasteiger partial charge on any atom is 0.328 e. The summed E-state index contributed by atoms with van der Waals surface area (Å²) in [5.74, 6) is -0.733. The van der Waals surface area contributed by atoms with E-state index >= 15 is 0 Å². The van der Waals surface area contributed by atoms with Crippen LogP contribution in [0.4, 0.5) is 0 Å². The van der Waals surface area contributed by atoms with E-state index < -0.39 is 17.4 Å². The molecule has 0 saturated heterocycles. The van der Waals surface area contributed by atoms with E-state index in [2.05, 4.69) is 5.32 Å². The molecule has 4 heteroatoms. The van der Waals surface area contributed by atoms with Crippen molar-refractivity contribution in [1.82, 2.24) is 5.32 Å². The van der Waals surface area contributed by atoms with Crippen LogP contribution in [0.2, 0.25) is 0 Å². The molecule has 1 atom stereocenters. The highest BCUT2D eigenvalue weighted by Gasteiger charge is 2.38. The summed E-state index contributed by atoms with van der Waals surface area (Å²) in [5.41, 5.74) is 1.76. The van der Waals surface area contributed by atoms with Gasteiger partial charge >= 0.3 is 5.97 Å². The van der Waals surface area contributed by atoms with E-state index in [-0.39, 0.29) is 5.91 Å². The molecule has 0 bridgehead atoms. The molecule has 1 amide bonds. The smallest absolute Gasteiger partial charge is 0.328 e. The average molecular weight is 414 g/mol. The number of hydrogen-bond donors (Lipinski definition) is 1. The molecule has 4 nitrogen and oxygen atoms in total. The number of esters is 1. The minimum Gasteiger partial charge on any atom is -0.467 e. The number of rotatable bonds is 8. The molecule has 0 heterocycles. The van der Waals surface area contributed by atoms with Gasteiger partial charge in [0.05, 0.1) is 12.5 Å². The monoisotopic (exact) mass is 413 g/mol. The molecule has 1 N–H and O–H groups in total. The number of methoxy groups -OCH3 is 1. The van der Waals surface area contributed by atoms with E-state index in [0.29, 0.717) is 6.42 Å². The van der Waals surface area contributed by atoms with E-state index in [1.165, 1.54) is 7.11 Å². The summed E-state index contributed by atoms with van der Waals surface area (Å²) >= 11 is 0. The molecule has 0 aromatic heterocycles. The van der Waals surface area contributed by atoms with Crippen LogP contribution < -0.4 is 5.32 Å². The highest BCUT2D eigenvalue weighted by atomic mass is 16.5. The largest absolute Gasteiger partial charge is 0.467 e. The molecule has 0 spiro atoms. The molecule has 0 saturated carbocycles. The van der Waals surface area contributed by atoms with Crippen molar-refractivity contribution in [1.29, 1.82) is 0 Å². The van der Waals surface area contributed by atoms with Gasteiger partial charge in [0.1, 0.15) is 6.04 Å². The van der Waals surface area contributed by atoms with Gasteiger partial charge in [0.15, 0.2) is 0 Å². The van der Waals surface area contributed by atoms with E-state index in [4.69, 9.17) is 4.74 Å². The first-order valence-electron chi connectivity index (χ1n) is 10.3. The van der Waals surface area contributed by atoms with Gasteiger partial charge in [0, 0.05) is 0 Å². The zero-order valence-electron chi connectivity index (χ0n) is 17.8. The van der Waals surface area contributed by atoms with Crippen LogP contribution in [0, 0.1) is 0 Å². The van der Waals surface area contributed by atoms with E-state index in [1.54, 1.807) is 0 Å². The van der Waals surface area contributed by atoms with Crippen molar-refractivity contribution in [2.75, 3.05) is 7.11 Å². The number of hydrogen-bond acceptors (Lipinski definition) is 3. The van der Waals surface area contributed by atoms with Crippen molar-refractivity contribution < 1.29 is 14.3 Å². The Morgan fingerprint density at radius 1 is 0.871 bits per heavy atom. The van der Waals surface area contributed by atoms with Gasteiger partial charge in [-0.3, -0.25) is 4.79 Å². The minimum absolute atomic E-state index is 0.256. The molecule has 0 radical (unpaired) electrons. The second kappa shape index (κ2) is 10.4. The van der Waals surface area contributed by atoms with Crippen LogP contribution in [0.5, 0.6) is 0 Å². The third-order valence-corrected chi connectivity index (χ3v) is 5.43. The summed E-state index contributed by atoms with van der Waals surface area (Å²) in [5, 5.41) is 2.93. The van der Waals surface area contributed by atoms with Gasteiger partial charge in [-0.05, 0) is 30.0 Å². The Labute approximate surface area is 183 Å². The lowest BCUT2D eigenvalue weighted by Gasteiger charge is -2.31. The van der Waals surface area contributed by atoms with Crippen LogP contribution in [0.15, 0.2) is 97.1 Å². The highest BCUT2D eigenvalue weighted by Crippen LogP contribution is 2.32. The zero-order valence-corrected chi connectivity index (χ0v) is 17.8. The first kappa shape index (κ1) is 22.0. The van der Waals surface area contributed by atoms with Crippen molar-refractivity contribution in [3.63, 3.8) is 0 Å². The predicted molar refractivity (Wildman–Crippen MR) is 123 cm³/mol. The van der Waals surface area contributed by atoms with Gasteiger partial charge < -0.3 is 10.1 Å². The lowest BCUT2D eigenvalue weighted by Crippen LogP contribution is -2.50. The molecular weight excluding hydrogens is 386 g/mol. The molecule has 3 aromatic carbocycles. The van der Waals surface area contributed by atoms with Crippen LogP contribution in [0.3, 0.4) is 0 Å². The summed E-state index contributed by atoms with van der Waals surface area (Å²) < 4.78 is 4.95. The second-order valence-electron chi connectivity index (χ2n) is 7.46. The summed E-state index contributed by atoms with van der Waals surface area (Å²) in [6.45, 7) is 1.88. The van der Waals surface area contributed by atoms with Gasteiger partial charge in [0.25, 0.3) is 0 Å². The fourth-order valence-electron chi connectivity index (χ4n) is 3.54. The van der Waals surface area contributed by atoms with Crippen LogP contribution in [-0.2, 0) is 19.7 Å². The fourth-order valence-corrected chi connectivity index (χ4v) is 3.54. The predicted octanol–water partition coefficient (Wildman–Crippen LogP) is 4.75. The van der Waals surface area contributed by atoms with E-state index in [0.717, 1.165) is 16.7 Å². The summed E-state index contributed by atoms with van der Waals surface area (Å²) in [4.78, 5) is 26.0. The molecule has 31 heavy (non-hydrogen) atoms. The molecule has 0 fully saturated rings. The van der Waals surface area contributed by atoms with Gasteiger partial charge in [-0.1, -0.05) is 103 Å². The number of benzene rings is 3. The van der Waals surface area contributed by atoms with Gasteiger partial charge in [-0.25, -0.2) is 4.79 Å². The lowest BCUT2D eigenvalue weighted by atomic mass is 9.75. The third-order valence-electron chi connectivity index (χ3n) is 5.43. The van der Waals surface area contributed by atoms with Crippen molar-refractivity contribution in [2.24, 2.45) is 0 Å². The van der Waals surface area contributed by atoms with Crippen molar-refractivity contribution in [3.05, 3.63) is 114 Å². The number of carbonyl (C=O) groups is 2. The number of nitrogens with one attached hydrogen (secondary N) is 1. The standard InChI is InChI=1S/C27H27NO3/c1-27(22-16-8-4-9-17-22,23-18-10-5-11-19-23)26(30)28-24(25(29)31-2)20-12-15-21-13-6-3-7-14-21/h3-19,24H,20H2,1-2H3,(H,28,30)/b15-12+/t24-/m1/s1. The first-order chi connectivity index (χ1) is 15.1. The highest BCUT2D eigenvalue weighted by molar-refractivity contribution is 5.94. The van der Waals surface area contributed by atoms with Crippen LogP contribution >= 0.6 is 0 Å². The summed E-state index contributed by atoms with van der Waals surface area (Å²) in [6, 6.07) is 28.2. The Kier molecular flexibility index (Phi) is 7.39. The molecule has 3 rings (SSSR count). The SMILES string of the molecule is COC(=O)[C@@H](C/C=C/c1ccccc1)NC(=O)C(C)(c1ccccc1)c1ccccc1. The third kappa shape index (κ3) is 5.28. The van der Waals surface area contributed by atoms with Crippen LogP contribution in [0.1, 0.15) is 30.0 Å². The zero-order chi connectivity index (χ0) is 22.1. The lowest BCUT2D eigenvalue weighted by molar-refractivity contribution is -0.145. The molecule has 0 aliphatic carbocycles. The molecule has 0 aliphatic rings. The van der Waals surface area contributed by atoms with Gasteiger partial charge in [0.2, 0.25) is 5.91 Å². The number of carbonyl (C=O) groups excluding carboxylic acids is 2. The molecule has 158 valence electrons. The topological polar surface area (TPSA) is 55.4 Å². The van der Waals surface area contributed by atoms with Crippen molar-refractivity contribution in [3.8, 4) is 0 Å². The van der Waals surface area contributed by atoms with E-state index in [9.17, 15) is 9.59 Å². The van der Waals surface area contributed by atoms with Gasteiger partial charge in [-0.15, -0.1) is 0 Å².